The quantitative estimate of drug-likeness (QED) is 0.612. The zero-order valence-corrected chi connectivity index (χ0v) is 13.5. The molecule has 2 rings (SSSR count). The number of carboxylic acids is 1. The first-order valence-corrected chi connectivity index (χ1v) is 7.00. The number of carbonyl (C=O) groups excluding carboxylic acids is 1. The van der Waals surface area contributed by atoms with Crippen LogP contribution in [-0.2, 0) is 0 Å². The van der Waals surface area contributed by atoms with Crippen LogP contribution >= 0.6 is 0 Å². The number of carbonyl (C=O) groups is 1. The number of nitrogens with zero attached hydrogens (tertiary/aromatic N) is 1. The van der Waals surface area contributed by atoms with Gasteiger partial charge in [0.25, 0.3) is 0 Å². The zero-order chi connectivity index (χ0) is 17.5. The molecule has 0 heterocycles. The van der Waals surface area contributed by atoms with Gasteiger partial charge in [-0.15, -0.1) is 0 Å². The molecule has 2 aromatic rings. The van der Waals surface area contributed by atoms with Crippen LogP contribution in [0.1, 0.15) is 15.9 Å². The molecule has 126 valence electrons. The maximum Gasteiger partial charge on any atom is 0.203 e. The second kappa shape index (κ2) is 7.87. The molecule has 2 aromatic carbocycles. The van der Waals surface area contributed by atoms with E-state index < -0.39 is 5.97 Å². The first-order chi connectivity index (χ1) is 11.6. The lowest BCUT2D eigenvalue weighted by Gasteiger charge is -2.13. The van der Waals surface area contributed by atoms with Gasteiger partial charge < -0.3 is 24.1 Å². The third-order valence-corrected chi connectivity index (χ3v) is 3.25. The van der Waals surface area contributed by atoms with Gasteiger partial charge in [-0.25, -0.2) is 0 Å². The van der Waals surface area contributed by atoms with E-state index in [0.29, 0.717) is 28.5 Å². The molecule has 1 N–H and O–H groups in total. The summed E-state index contributed by atoms with van der Waals surface area (Å²) in [7, 11) is 4.60. The molecule has 0 saturated heterocycles. The van der Waals surface area contributed by atoms with E-state index in [4.69, 9.17) is 14.2 Å². The first-order valence-electron chi connectivity index (χ1n) is 7.00. The molecule has 0 atom stereocenters. The monoisotopic (exact) mass is 329 g/mol. The molecule has 24 heavy (non-hydrogen) atoms. The number of methoxy groups -OCH3 is 3. The molecule has 0 unspecified atom stereocenters. The number of hydrogen-bond acceptors (Lipinski definition) is 7. The van der Waals surface area contributed by atoms with Crippen molar-refractivity contribution in [2.24, 2.45) is 5.10 Å². The van der Waals surface area contributed by atoms with Gasteiger partial charge in [0.15, 0.2) is 11.5 Å². The molecule has 0 aliphatic heterocycles. The van der Waals surface area contributed by atoms with Crippen molar-refractivity contribution in [2.45, 2.75) is 0 Å². The van der Waals surface area contributed by atoms with E-state index in [1.807, 2.05) is 0 Å². The largest absolute Gasteiger partial charge is 0.545 e. The number of benzene rings is 2. The molecular weight excluding hydrogens is 312 g/mol. The highest BCUT2D eigenvalue weighted by Crippen LogP contribution is 2.38. The molecule has 7 heteroatoms. The van der Waals surface area contributed by atoms with Crippen LogP contribution in [0, 0.1) is 0 Å². The zero-order valence-electron chi connectivity index (χ0n) is 13.5. The maximum atomic E-state index is 10.7. The highest BCUT2D eigenvalue weighted by atomic mass is 16.5. The van der Waals surface area contributed by atoms with Crippen LogP contribution in [-0.4, -0.2) is 33.5 Å². The van der Waals surface area contributed by atoms with E-state index in [1.165, 1.54) is 26.4 Å². The SMILES string of the molecule is COc1ccc(/C=N\Nc2ccc(C(=O)[O-])cc2)c(OC)c1OC. The highest BCUT2D eigenvalue weighted by Gasteiger charge is 2.14. The number of hydrazone groups is 1. The Kier molecular flexibility index (Phi) is 5.62. The van der Waals surface area contributed by atoms with Crippen molar-refractivity contribution in [3.63, 3.8) is 0 Å². The number of anilines is 1. The smallest absolute Gasteiger partial charge is 0.203 e. The molecule has 0 saturated carbocycles. The Morgan fingerprint density at radius 1 is 1.00 bits per heavy atom. The van der Waals surface area contributed by atoms with Crippen molar-refractivity contribution < 1.29 is 24.1 Å². The number of carboxylic acid groups (broad SMARTS) is 1. The summed E-state index contributed by atoms with van der Waals surface area (Å²) in [5.74, 6) is 0.300. The van der Waals surface area contributed by atoms with Crippen LogP contribution in [0.3, 0.4) is 0 Å². The Morgan fingerprint density at radius 3 is 2.21 bits per heavy atom. The summed E-state index contributed by atoms with van der Waals surface area (Å²) >= 11 is 0. The molecule has 7 nitrogen and oxygen atoms in total. The normalized spacial score (nSPS) is 10.5. The lowest BCUT2D eigenvalue weighted by molar-refractivity contribution is -0.255. The molecule has 0 aliphatic rings. The van der Waals surface area contributed by atoms with Crippen molar-refractivity contribution in [2.75, 3.05) is 26.8 Å². The van der Waals surface area contributed by atoms with Crippen LogP contribution < -0.4 is 24.7 Å². The molecule has 0 aliphatic carbocycles. The van der Waals surface area contributed by atoms with E-state index >= 15 is 0 Å². The number of nitrogens with one attached hydrogen (secondary N) is 1. The second-order valence-electron chi connectivity index (χ2n) is 4.66. The summed E-state index contributed by atoms with van der Waals surface area (Å²) in [5.41, 5.74) is 4.23. The molecule has 0 spiro atoms. The predicted octanol–water partition coefficient (Wildman–Crippen LogP) is 1.52. The van der Waals surface area contributed by atoms with Crippen molar-refractivity contribution in [3.8, 4) is 17.2 Å². The average Bonchev–Trinajstić information content (AvgIpc) is 2.61. The fourth-order valence-corrected chi connectivity index (χ4v) is 2.08. The summed E-state index contributed by atoms with van der Waals surface area (Å²) in [6.07, 6.45) is 1.56. The van der Waals surface area contributed by atoms with Crippen molar-refractivity contribution in [1.82, 2.24) is 0 Å². The van der Waals surface area contributed by atoms with Crippen LogP contribution in [0.5, 0.6) is 17.2 Å². The maximum absolute atomic E-state index is 10.7. The van der Waals surface area contributed by atoms with Crippen molar-refractivity contribution in [1.29, 1.82) is 0 Å². The van der Waals surface area contributed by atoms with Crippen LogP contribution in [0.15, 0.2) is 41.5 Å². The van der Waals surface area contributed by atoms with Gasteiger partial charge >= 0.3 is 0 Å². The fourth-order valence-electron chi connectivity index (χ4n) is 2.08. The Morgan fingerprint density at radius 2 is 1.67 bits per heavy atom. The average molecular weight is 329 g/mol. The number of rotatable bonds is 7. The van der Waals surface area contributed by atoms with Gasteiger partial charge in [0, 0.05) is 5.56 Å². The summed E-state index contributed by atoms with van der Waals surface area (Å²) in [5, 5.41) is 14.8. The minimum atomic E-state index is -1.22. The summed E-state index contributed by atoms with van der Waals surface area (Å²) in [4.78, 5) is 10.7. The van der Waals surface area contributed by atoms with E-state index in [2.05, 4.69) is 10.5 Å². The van der Waals surface area contributed by atoms with Gasteiger partial charge in [-0.1, -0.05) is 12.1 Å². The number of aromatic carboxylic acids is 1. The van der Waals surface area contributed by atoms with E-state index in [1.54, 1.807) is 37.6 Å². The third-order valence-electron chi connectivity index (χ3n) is 3.25. The van der Waals surface area contributed by atoms with Gasteiger partial charge in [0.2, 0.25) is 5.75 Å². The summed E-state index contributed by atoms with van der Waals surface area (Å²) in [6, 6.07) is 9.58. The van der Waals surface area contributed by atoms with Crippen LogP contribution in [0.4, 0.5) is 5.69 Å². The van der Waals surface area contributed by atoms with Crippen molar-refractivity contribution >= 4 is 17.9 Å². The Hall–Kier alpha value is -3.22. The minimum Gasteiger partial charge on any atom is -0.545 e. The molecule has 0 fully saturated rings. The molecule has 0 amide bonds. The molecular formula is C17H17N2O5-. The fraction of sp³-hybridized carbons (Fsp3) is 0.176. The lowest BCUT2D eigenvalue weighted by atomic mass is 10.2. The molecule has 0 bridgehead atoms. The molecule has 0 radical (unpaired) electrons. The third kappa shape index (κ3) is 3.75. The van der Waals surface area contributed by atoms with Crippen LogP contribution in [0.2, 0.25) is 0 Å². The Balaban J connectivity index is 2.18. The summed E-state index contributed by atoms with van der Waals surface area (Å²) in [6.45, 7) is 0. The van der Waals surface area contributed by atoms with E-state index in [-0.39, 0.29) is 5.56 Å². The van der Waals surface area contributed by atoms with Gasteiger partial charge in [-0.2, -0.15) is 5.10 Å². The number of ether oxygens (including phenoxy) is 3. The first kappa shape index (κ1) is 17.1. The van der Waals surface area contributed by atoms with E-state index in [0.717, 1.165) is 0 Å². The van der Waals surface area contributed by atoms with Gasteiger partial charge in [0.1, 0.15) is 0 Å². The van der Waals surface area contributed by atoms with Gasteiger partial charge in [0.05, 0.1) is 39.2 Å². The Bertz CT molecular complexity index is 741. The predicted molar refractivity (Wildman–Crippen MR) is 88.1 cm³/mol. The van der Waals surface area contributed by atoms with Gasteiger partial charge in [-0.05, 0) is 29.8 Å². The highest BCUT2D eigenvalue weighted by molar-refractivity contribution is 5.87. The molecule has 0 aromatic heterocycles. The summed E-state index contributed by atoms with van der Waals surface area (Å²) < 4.78 is 15.9. The topological polar surface area (TPSA) is 92.2 Å². The van der Waals surface area contributed by atoms with Crippen LogP contribution in [0.25, 0.3) is 0 Å². The Labute approximate surface area is 139 Å². The van der Waals surface area contributed by atoms with Gasteiger partial charge in [-0.3, -0.25) is 5.43 Å². The van der Waals surface area contributed by atoms with Crippen molar-refractivity contribution in [3.05, 3.63) is 47.5 Å². The number of hydrogen-bond donors (Lipinski definition) is 1. The lowest BCUT2D eigenvalue weighted by Crippen LogP contribution is -2.21. The second-order valence-corrected chi connectivity index (χ2v) is 4.66. The minimum absolute atomic E-state index is 0.103. The van der Waals surface area contributed by atoms with E-state index in [9.17, 15) is 9.90 Å². The standard InChI is InChI=1S/C17H18N2O5/c1-22-14-9-6-12(15(23-2)16(14)24-3)10-18-19-13-7-4-11(5-8-13)17(20)21/h4-10,19H,1-3H3,(H,20,21)/p-1/b18-10-.